The van der Waals surface area contributed by atoms with Crippen molar-refractivity contribution in [1.29, 1.82) is 0 Å². The molecule has 126 valence electrons. The molecule has 0 aromatic heterocycles. The molecular weight excluding hydrogens is 284 g/mol. The SMILES string of the molecule is CCCCC[C@H]1O[C@H]1C(=O)CC(O)CCC[C@H]1O[C@H]1C(C)=O. The van der Waals surface area contributed by atoms with Crippen LogP contribution in [0.25, 0.3) is 0 Å². The Balaban J connectivity index is 1.51. The summed E-state index contributed by atoms with van der Waals surface area (Å²) in [4.78, 5) is 23.0. The highest BCUT2D eigenvalue weighted by atomic mass is 16.6. The molecular formula is C17H28O5. The number of ether oxygens (including phenoxy) is 2. The van der Waals surface area contributed by atoms with Gasteiger partial charge in [-0.1, -0.05) is 26.2 Å². The molecule has 2 fully saturated rings. The fourth-order valence-electron chi connectivity index (χ4n) is 2.97. The van der Waals surface area contributed by atoms with Crippen molar-refractivity contribution in [2.45, 2.75) is 95.7 Å². The molecule has 0 aromatic rings. The Bertz CT molecular complexity index is 395. The first-order valence-corrected chi connectivity index (χ1v) is 8.55. The third kappa shape index (κ3) is 5.45. The third-order valence-electron chi connectivity index (χ3n) is 4.44. The number of unbranched alkanes of at least 4 members (excludes halogenated alkanes) is 2. The van der Waals surface area contributed by atoms with Crippen LogP contribution in [0, 0.1) is 0 Å². The summed E-state index contributed by atoms with van der Waals surface area (Å²) < 4.78 is 10.6. The molecule has 2 rings (SSSR count). The Labute approximate surface area is 132 Å². The van der Waals surface area contributed by atoms with Crippen LogP contribution in [-0.4, -0.2) is 47.2 Å². The van der Waals surface area contributed by atoms with E-state index < -0.39 is 6.10 Å². The molecule has 22 heavy (non-hydrogen) atoms. The summed E-state index contributed by atoms with van der Waals surface area (Å²) in [7, 11) is 0. The van der Waals surface area contributed by atoms with Crippen LogP contribution in [0.2, 0.25) is 0 Å². The normalized spacial score (nSPS) is 30.9. The van der Waals surface area contributed by atoms with Gasteiger partial charge in [-0.2, -0.15) is 0 Å². The van der Waals surface area contributed by atoms with Gasteiger partial charge in [0.25, 0.3) is 0 Å². The maximum Gasteiger partial charge on any atom is 0.166 e. The molecule has 5 heteroatoms. The Hall–Kier alpha value is -0.780. The van der Waals surface area contributed by atoms with E-state index in [-0.39, 0.29) is 42.4 Å². The number of carbonyl (C=O) groups excluding carboxylic acids is 2. The predicted molar refractivity (Wildman–Crippen MR) is 81.6 cm³/mol. The van der Waals surface area contributed by atoms with Crippen LogP contribution in [0.1, 0.15) is 65.2 Å². The number of hydrogen-bond donors (Lipinski definition) is 1. The van der Waals surface area contributed by atoms with Crippen molar-refractivity contribution in [3.63, 3.8) is 0 Å². The monoisotopic (exact) mass is 312 g/mol. The van der Waals surface area contributed by atoms with Crippen molar-refractivity contribution in [3.8, 4) is 0 Å². The van der Waals surface area contributed by atoms with Gasteiger partial charge < -0.3 is 14.6 Å². The lowest BCUT2D eigenvalue weighted by atomic mass is 10.0. The Morgan fingerprint density at radius 2 is 1.68 bits per heavy atom. The molecule has 2 aliphatic rings. The fraction of sp³-hybridized carbons (Fsp3) is 0.882. The minimum absolute atomic E-state index is 0.0233. The molecule has 1 N–H and O–H groups in total. The molecule has 0 amide bonds. The smallest absolute Gasteiger partial charge is 0.166 e. The summed E-state index contributed by atoms with van der Waals surface area (Å²) in [6.45, 7) is 3.68. The van der Waals surface area contributed by atoms with Crippen molar-refractivity contribution in [2.75, 3.05) is 0 Å². The van der Waals surface area contributed by atoms with Crippen molar-refractivity contribution in [1.82, 2.24) is 0 Å². The molecule has 2 heterocycles. The average Bonchev–Trinajstić information content (AvgIpc) is 3.33. The molecule has 1 unspecified atom stereocenters. The fourth-order valence-corrected chi connectivity index (χ4v) is 2.97. The number of Topliss-reactive ketones (excluding diaryl/α,β-unsaturated/α-hetero) is 2. The highest BCUT2D eigenvalue weighted by Gasteiger charge is 2.44. The van der Waals surface area contributed by atoms with Gasteiger partial charge in [0.2, 0.25) is 0 Å². The van der Waals surface area contributed by atoms with E-state index in [1.54, 1.807) is 0 Å². The molecule has 0 saturated carbocycles. The predicted octanol–water partition coefficient (Wildman–Crippen LogP) is 2.18. The number of ketones is 2. The van der Waals surface area contributed by atoms with Gasteiger partial charge in [0, 0.05) is 6.42 Å². The van der Waals surface area contributed by atoms with E-state index in [1.165, 1.54) is 19.8 Å². The van der Waals surface area contributed by atoms with E-state index in [9.17, 15) is 14.7 Å². The minimum Gasteiger partial charge on any atom is -0.393 e. The molecule has 2 saturated heterocycles. The molecule has 2 aliphatic heterocycles. The number of aliphatic hydroxyl groups is 1. The molecule has 0 radical (unpaired) electrons. The maximum atomic E-state index is 12.0. The van der Waals surface area contributed by atoms with Gasteiger partial charge in [0.05, 0.1) is 18.3 Å². The van der Waals surface area contributed by atoms with Gasteiger partial charge in [0.15, 0.2) is 11.6 Å². The second-order valence-electron chi connectivity index (χ2n) is 6.55. The van der Waals surface area contributed by atoms with Crippen LogP contribution in [0.5, 0.6) is 0 Å². The summed E-state index contributed by atoms with van der Waals surface area (Å²) in [6.07, 6.45) is 5.68. The van der Waals surface area contributed by atoms with E-state index in [4.69, 9.17) is 9.47 Å². The van der Waals surface area contributed by atoms with Crippen LogP contribution < -0.4 is 0 Å². The van der Waals surface area contributed by atoms with Gasteiger partial charge in [0.1, 0.15) is 12.2 Å². The second-order valence-corrected chi connectivity index (χ2v) is 6.55. The minimum atomic E-state index is -0.609. The highest BCUT2D eigenvalue weighted by molar-refractivity contribution is 5.86. The Morgan fingerprint density at radius 3 is 2.32 bits per heavy atom. The molecule has 0 aliphatic carbocycles. The zero-order valence-corrected chi connectivity index (χ0v) is 13.6. The van der Waals surface area contributed by atoms with E-state index in [1.807, 2.05) is 0 Å². The maximum absolute atomic E-state index is 12.0. The van der Waals surface area contributed by atoms with Gasteiger partial charge in [-0.25, -0.2) is 0 Å². The molecule has 5 atom stereocenters. The topological polar surface area (TPSA) is 79.4 Å². The second kappa shape index (κ2) is 8.18. The quantitative estimate of drug-likeness (QED) is 0.441. The first-order chi connectivity index (χ1) is 10.5. The van der Waals surface area contributed by atoms with Crippen LogP contribution in [0.4, 0.5) is 0 Å². The molecule has 5 nitrogen and oxygen atoms in total. The van der Waals surface area contributed by atoms with Crippen molar-refractivity contribution < 1.29 is 24.2 Å². The van der Waals surface area contributed by atoms with Crippen molar-refractivity contribution in [3.05, 3.63) is 0 Å². The van der Waals surface area contributed by atoms with Gasteiger partial charge in [-0.3, -0.25) is 9.59 Å². The van der Waals surface area contributed by atoms with Crippen LogP contribution in [0.3, 0.4) is 0 Å². The standard InChI is InChI=1S/C17H28O5/c1-3-4-5-8-15-17(22-15)13(20)10-12(19)7-6-9-14-16(21-14)11(2)18/h12,14-17,19H,3-10H2,1-2H3/t12?,14-,15-,16+,17+/m1/s1. The summed E-state index contributed by atoms with van der Waals surface area (Å²) >= 11 is 0. The molecule has 0 spiro atoms. The van der Waals surface area contributed by atoms with Crippen LogP contribution in [0.15, 0.2) is 0 Å². The summed E-state index contributed by atoms with van der Waals surface area (Å²) in [5, 5.41) is 9.92. The average molecular weight is 312 g/mol. The molecule has 0 aromatic carbocycles. The van der Waals surface area contributed by atoms with Gasteiger partial charge in [-0.15, -0.1) is 0 Å². The zero-order valence-electron chi connectivity index (χ0n) is 13.6. The van der Waals surface area contributed by atoms with Crippen molar-refractivity contribution in [2.24, 2.45) is 0 Å². The molecule has 0 bridgehead atoms. The largest absolute Gasteiger partial charge is 0.393 e. The zero-order chi connectivity index (χ0) is 16.1. The number of epoxide rings is 2. The summed E-state index contributed by atoms with van der Waals surface area (Å²) in [5.41, 5.74) is 0. The van der Waals surface area contributed by atoms with E-state index in [0.717, 1.165) is 25.7 Å². The number of hydrogen-bond acceptors (Lipinski definition) is 5. The van der Waals surface area contributed by atoms with Gasteiger partial charge >= 0.3 is 0 Å². The lowest BCUT2D eigenvalue weighted by Crippen LogP contribution is -2.19. The summed E-state index contributed by atoms with van der Waals surface area (Å²) in [5.74, 6) is 0.0963. The number of rotatable bonds is 12. The van der Waals surface area contributed by atoms with E-state index in [2.05, 4.69) is 6.92 Å². The van der Waals surface area contributed by atoms with Crippen LogP contribution >= 0.6 is 0 Å². The first kappa shape index (κ1) is 17.6. The summed E-state index contributed by atoms with van der Waals surface area (Å²) in [6, 6.07) is 0. The van der Waals surface area contributed by atoms with Gasteiger partial charge in [-0.05, 0) is 32.6 Å². The van der Waals surface area contributed by atoms with Crippen LogP contribution in [-0.2, 0) is 19.1 Å². The Morgan fingerprint density at radius 1 is 1.05 bits per heavy atom. The lowest BCUT2D eigenvalue weighted by molar-refractivity contribution is -0.122. The first-order valence-electron chi connectivity index (χ1n) is 8.55. The van der Waals surface area contributed by atoms with E-state index in [0.29, 0.717) is 6.42 Å². The number of carbonyl (C=O) groups is 2. The number of aliphatic hydroxyl groups excluding tert-OH is 1. The Kier molecular flexibility index (Phi) is 6.53. The van der Waals surface area contributed by atoms with Crippen molar-refractivity contribution >= 4 is 11.6 Å². The third-order valence-corrected chi connectivity index (χ3v) is 4.44. The van der Waals surface area contributed by atoms with E-state index >= 15 is 0 Å². The highest BCUT2D eigenvalue weighted by Crippen LogP contribution is 2.30. The lowest BCUT2D eigenvalue weighted by Gasteiger charge is -2.08.